The summed E-state index contributed by atoms with van der Waals surface area (Å²) in [5.74, 6) is -0.443. The molecule has 4 nitrogen and oxygen atoms in total. The van der Waals surface area contributed by atoms with Crippen LogP contribution in [0.25, 0.3) is 0 Å². The van der Waals surface area contributed by atoms with Crippen molar-refractivity contribution in [2.75, 3.05) is 20.1 Å². The summed E-state index contributed by atoms with van der Waals surface area (Å²) in [4.78, 5) is 13.8. The van der Waals surface area contributed by atoms with E-state index in [9.17, 15) is 14.3 Å². The summed E-state index contributed by atoms with van der Waals surface area (Å²) in [5, 5.41) is 13.0. The van der Waals surface area contributed by atoms with Gasteiger partial charge >= 0.3 is 0 Å². The molecule has 0 fully saturated rings. The monoisotopic (exact) mass is 330 g/mol. The molecule has 2 rings (SSSR count). The summed E-state index contributed by atoms with van der Waals surface area (Å²) < 4.78 is 12.9. The molecule has 0 spiro atoms. The molecule has 0 aliphatic rings. The highest BCUT2D eigenvalue weighted by Gasteiger charge is 2.13. The van der Waals surface area contributed by atoms with E-state index < -0.39 is 6.10 Å². The minimum absolute atomic E-state index is 0.105. The van der Waals surface area contributed by atoms with Crippen LogP contribution in [0.15, 0.2) is 48.5 Å². The van der Waals surface area contributed by atoms with Gasteiger partial charge in [0.15, 0.2) is 0 Å². The van der Waals surface area contributed by atoms with Gasteiger partial charge in [0.05, 0.1) is 12.6 Å². The lowest BCUT2D eigenvalue weighted by Crippen LogP contribution is -2.36. The largest absolute Gasteiger partial charge is 0.387 e. The maximum Gasteiger partial charge on any atom is 0.234 e. The predicted octanol–water partition coefficient (Wildman–Crippen LogP) is 2.42. The average molecular weight is 330 g/mol. The second-order valence-corrected chi connectivity index (χ2v) is 5.97. The molecule has 0 saturated heterocycles. The standard InChI is InChI=1S/C19H23FN2O2/c1-14-5-3-4-6-16(14)11-21-19(24)13-22(2)12-18(23)15-7-9-17(20)10-8-15/h3-10,18,23H,11-13H2,1-2H3,(H,21,24). The van der Waals surface area contributed by atoms with Gasteiger partial charge in [-0.25, -0.2) is 4.39 Å². The van der Waals surface area contributed by atoms with E-state index in [1.54, 1.807) is 24.1 Å². The number of amides is 1. The number of hydrogen-bond donors (Lipinski definition) is 2. The number of carbonyl (C=O) groups excluding carboxylic acids is 1. The highest BCUT2D eigenvalue weighted by atomic mass is 19.1. The van der Waals surface area contributed by atoms with Crippen molar-refractivity contribution in [1.82, 2.24) is 10.2 Å². The van der Waals surface area contributed by atoms with E-state index in [4.69, 9.17) is 0 Å². The molecule has 0 aromatic heterocycles. The lowest BCUT2D eigenvalue weighted by Gasteiger charge is -2.20. The number of aliphatic hydroxyl groups excluding tert-OH is 1. The summed E-state index contributed by atoms with van der Waals surface area (Å²) in [7, 11) is 1.76. The number of nitrogens with one attached hydrogen (secondary N) is 1. The quantitative estimate of drug-likeness (QED) is 0.820. The van der Waals surface area contributed by atoms with Crippen LogP contribution in [0.5, 0.6) is 0 Å². The van der Waals surface area contributed by atoms with Crippen LogP contribution in [-0.2, 0) is 11.3 Å². The van der Waals surface area contributed by atoms with Gasteiger partial charge in [-0.2, -0.15) is 0 Å². The number of aryl methyl sites for hydroxylation is 1. The summed E-state index contributed by atoms with van der Waals surface area (Å²) in [6.45, 7) is 2.97. The first-order valence-corrected chi connectivity index (χ1v) is 7.89. The third kappa shape index (κ3) is 5.44. The fourth-order valence-corrected chi connectivity index (χ4v) is 2.45. The lowest BCUT2D eigenvalue weighted by molar-refractivity contribution is -0.122. The molecule has 128 valence electrons. The molecule has 0 saturated carbocycles. The molecular weight excluding hydrogens is 307 g/mol. The number of halogens is 1. The smallest absolute Gasteiger partial charge is 0.234 e. The first-order valence-electron chi connectivity index (χ1n) is 7.89. The van der Waals surface area contributed by atoms with E-state index >= 15 is 0 Å². The van der Waals surface area contributed by atoms with Gasteiger partial charge in [0, 0.05) is 13.1 Å². The summed E-state index contributed by atoms with van der Waals surface area (Å²) in [6, 6.07) is 13.6. The third-order valence-electron chi connectivity index (χ3n) is 3.89. The Morgan fingerprint density at radius 1 is 1.21 bits per heavy atom. The summed E-state index contributed by atoms with van der Waals surface area (Å²) in [5.41, 5.74) is 2.85. The number of hydrogen-bond acceptors (Lipinski definition) is 3. The first-order chi connectivity index (χ1) is 11.5. The number of aliphatic hydroxyl groups is 1. The van der Waals surface area contributed by atoms with E-state index in [0.29, 0.717) is 18.7 Å². The molecule has 0 aliphatic carbocycles. The summed E-state index contributed by atoms with van der Waals surface area (Å²) in [6.07, 6.45) is -0.764. The molecule has 1 unspecified atom stereocenters. The molecule has 1 amide bonds. The number of rotatable bonds is 7. The van der Waals surface area contributed by atoms with Gasteiger partial charge in [-0.15, -0.1) is 0 Å². The van der Waals surface area contributed by atoms with E-state index in [1.807, 2.05) is 31.2 Å². The maximum absolute atomic E-state index is 12.9. The van der Waals surface area contributed by atoms with Crippen LogP contribution in [0.2, 0.25) is 0 Å². The molecule has 1 atom stereocenters. The van der Waals surface area contributed by atoms with Crippen molar-refractivity contribution in [2.45, 2.75) is 19.6 Å². The Morgan fingerprint density at radius 3 is 2.54 bits per heavy atom. The van der Waals surface area contributed by atoms with Gasteiger partial charge in [-0.05, 0) is 42.8 Å². The molecule has 2 N–H and O–H groups in total. The van der Waals surface area contributed by atoms with E-state index in [0.717, 1.165) is 11.1 Å². The van der Waals surface area contributed by atoms with Crippen LogP contribution in [0.1, 0.15) is 22.8 Å². The zero-order chi connectivity index (χ0) is 17.5. The zero-order valence-electron chi connectivity index (χ0n) is 14.0. The van der Waals surface area contributed by atoms with Crippen LogP contribution in [0.4, 0.5) is 4.39 Å². The minimum Gasteiger partial charge on any atom is -0.387 e. The second-order valence-electron chi connectivity index (χ2n) is 5.97. The van der Waals surface area contributed by atoms with Crippen molar-refractivity contribution in [1.29, 1.82) is 0 Å². The molecular formula is C19H23FN2O2. The van der Waals surface area contributed by atoms with Crippen LogP contribution in [0, 0.1) is 12.7 Å². The van der Waals surface area contributed by atoms with Crippen molar-refractivity contribution in [3.63, 3.8) is 0 Å². The van der Waals surface area contributed by atoms with Gasteiger partial charge in [-0.3, -0.25) is 9.69 Å². The molecule has 5 heteroatoms. The van der Waals surface area contributed by atoms with Crippen molar-refractivity contribution in [3.05, 3.63) is 71.0 Å². The first kappa shape index (κ1) is 18.1. The number of likely N-dealkylation sites (N-methyl/N-ethyl adjacent to an activating group) is 1. The van der Waals surface area contributed by atoms with Crippen LogP contribution in [-0.4, -0.2) is 36.1 Å². The molecule has 24 heavy (non-hydrogen) atoms. The maximum atomic E-state index is 12.9. The van der Waals surface area contributed by atoms with E-state index in [-0.39, 0.29) is 18.3 Å². The van der Waals surface area contributed by atoms with Crippen molar-refractivity contribution in [3.8, 4) is 0 Å². The lowest BCUT2D eigenvalue weighted by atomic mass is 10.1. The Bertz CT molecular complexity index is 673. The van der Waals surface area contributed by atoms with E-state index in [2.05, 4.69) is 5.32 Å². The predicted molar refractivity (Wildman–Crippen MR) is 91.9 cm³/mol. The normalized spacial score (nSPS) is 12.2. The summed E-state index contributed by atoms with van der Waals surface area (Å²) >= 11 is 0. The SMILES string of the molecule is Cc1ccccc1CNC(=O)CN(C)CC(O)c1ccc(F)cc1. The second kappa shape index (κ2) is 8.57. The van der Waals surface area contributed by atoms with Gasteiger partial charge in [0.1, 0.15) is 5.82 Å². The Kier molecular flexibility index (Phi) is 6.46. The Hall–Kier alpha value is -2.24. The van der Waals surface area contributed by atoms with Gasteiger partial charge < -0.3 is 10.4 Å². The van der Waals surface area contributed by atoms with Crippen molar-refractivity contribution >= 4 is 5.91 Å². The topological polar surface area (TPSA) is 52.6 Å². The van der Waals surface area contributed by atoms with Crippen LogP contribution < -0.4 is 5.32 Å². The molecule has 0 bridgehead atoms. The Balaban J connectivity index is 1.79. The third-order valence-corrected chi connectivity index (χ3v) is 3.89. The Labute approximate surface area is 141 Å². The van der Waals surface area contributed by atoms with Crippen LogP contribution >= 0.6 is 0 Å². The van der Waals surface area contributed by atoms with Gasteiger partial charge in [0.2, 0.25) is 5.91 Å². The highest BCUT2D eigenvalue weighted by molar-refractivity contribution is 5.78. The molecule has 0 radical (unpaired) electrons. The van der Waals surface area contributed by atoms with Gasteiger partial charge in [-0.1, -0.05) is 36.4 Å². The number of carbonyl (C=O) groups is 1. The van der Waals surface area contributed by atoms with Crippen molar-refractivity contribution < 1.29 is 14.3 Å². The molecule has 0 heterocycles. The highest BCUT2D eigenvalue weighted by Crippen LogP contribution is 2.14. The fraction of sp³-hybridized carbons (Fsp3) is 0.316. The average Bonchev–Trinajstić information content (AvgIpc) is 2.54. The molecule has 2 aromatic rings. The number of benzene rings is 2. The number of nitrogens with zero attached hydrogens (tertiary/aromatic N) is 1. The molecule has 2 aromatic carbocycles. The van der Waals surface area contributed by atoms with Crippen LogP contribution in [0.3, 0.4) is 0 Å². The fourth-order valence-electron chi connectivity index (χ4n) is 2.45. The Morgan fingerprint density at radius 2 is 1.88 bits per heavy atom. The minimum atomic E-state index is -0.764. The zero-order valence-corrected chi connectivity index (χ0v) is 14.0. The molecule has 0 aliphatic heterocycles. The van der Waals surface area contributed by atoms with Gasteiger partial charge in [0.25, 0.3) is 0 Å². The van der Waals surface area contributed by atoms with E-state index in [1.165, 1.54) is 12.1 Å². The van der Waals surface area contributed by atoms with Crippen molar-refractivity contribution in [2.24, 2.45) is 0 Å².